The molecule has 1 aromatic carbocycles. The van der Waals surface area contributed by atoms with Gasteiger partial charge in [0.05, 0.1) is 7.11 Å². The summed E-state index contributed by atoms with van der Waals surface area (Å²) in [5.74, 6) is 2.32. The van der Waals surface area contributed by atoms with Gasteiger partial charge in [-0.2, -0.15) is 0 Å². The maximum atomic E-state index is 13.1. The number of benzene rings is 1. The summed E-state index contributed by atoms with van der Waals surface area (Å²) < 4.78 is 5.26. The molecule has 2 bridgehead atoms. The highest BCUT2D eigenvalue weighted by molar-refractivity contribution is 5.79. The van der Waals surface area contributed by atoms with Crippen molar-refractivity contribution in [1.29, 1.82) is 0 Å². The summed E-state index contributed by atoms with van der Waals surface area (Å²) in [5, 5.41) is 0. The lowest BCUT2D eigenvalue weighted by atomic mass is 9.86. The van der Waals surface area contributed by atoms with Crippen LogP contribution in [0.2, 0.25) is 0 Å². The van der Waals surface area contributed by atoms with Gasteiger partial charge in [-0.25, -0.2) is 0 Å². The molecule has 1 aliphatic carbocycles. The molecule has 3 heterocycles. The zero-order chi connectivity index (χ0) is 17.9. The van der Waals surface area contributed by atoms with Crippen molar-refractivity contribution >= 4 is 5.91 Å². The van der Waals surface area contributed by atoms with Crippen molar-refractivity contribution in [3.63, 3.8) is 0 Å². The lowest BCUT2D eigenvalue weighted by Gasteiger charge is -2.39. The molecule has 142 valence electrons. The molecule has 1 saturated carbocycles. The SMILES string of the molecule is COc1ccc(CN2C[C@@H]3CC[C@H](C2)N(C(=O)C2CCCCC2)C3)cc1. The third-order valence-electron chi connectivity index (χ3n) is 6.59. The molecule has 3 aliphatic heterocycles. The average Bonchev–Trinajstić information content (AvgIpc) is 2.99. The molecule has 5 rings (SSSR count). The maximum Gasteiger partial charge on any atom is 0.225 e. The van der Waals surface area contributed by atoms with E-state index in [9.17, 15) is 4.79 Å². The van der Waals surface area contributed by atoms with Crippen molar-refractivity contribution in [3.8, 4) is 5.75 Å². The third kappa shape index (κ3) is 3.90. The molecule has 0 aromatic heterocycles. The van der Waals surface area contributed by atoms with Crippen molar-refractivity contribution in [2.24, 2.45) is 11.8 Å². The largest absolute Gasteiger partial charge is 0.497 e. The van der Waals surface area contributed by atoms with E-state index in [1.165, 1.54) is 37.7 Å². The molecule has 0 spiro atoms. The Morgan fingerprint density at radius 2 is 1.77 bits per heavy atom. The van der Waals surface area contributed by atoms with Crippen LogP contribution < -0.4 is 4.74 Å². The first-order valence-corrected chi connectivity index (χ1v) is 10.4. The van der Waals surface area contributed by atoms with Gasteiger partial charge in [0.1, 0.15) is 5.75 Å². The van der Waals surface area contributed by atoms with E-state index in [0.717, 1.165) is 44.8 Å². The van der Waals surface area contributed by atoms with Crippen LogP contribution in [0, 0.1) is 11.8 Å². The molecule has 3 saturated heterocycles. The molecule has 4 heteroatoms. The van der Waals surface area contributed by atoms with E-state index in [4.69, 9.17) is 4.74 Å². The smallest absolute Gasteiger partial charge is 0.225 e. The van der Waals surface area contributed by atoms with E-state index in [1.807, 2.05) is 12.1 Å². The first-order chi connectivity index (χ1) is 12.7. The molecule has 0 N–H and O–H groups in total. The molecular formula is C22H32N2O2. The molecule has 1 aromatic rings. The number of ether oxygens (including phenoxy) is 1. The van der Waals surface area contributed by atoms with Gasteiger partial charge in [0.25, 0.3) is 0 Å². The van der Waals surface area contributed by atoms with Gasteiger partial charge in [-0.1, -0.05) is 31.4 Å². The van der Waals surface area contributed by atoms with E-state index in [1.54, 1.807) is 7.11 Å². The van der Waals surface area contributed by atoms with E-state index < -0.39 is 0 Å². The van der Waals surface area contributed by atoms with Gasteiger partial charge in [0.2, 0.25) is 5.91 Å². The van der Waals surface area contributed by atoms with Gasteiger partial charge in [0.15, 0.2) is 0 Å². The zero-order valence-electron chi connectivity index (χ0n) is 16.0. The van der Waals surface area contributed by atoms with E-state index >= 15 is 0 Å². The molecular weight excluding hydrogens is 324 g/mol. The third-order valence-corrected chi connectivity index (χ3v) is 6.59. The summed E-state index contributed by atoms with van der Waals surface area (Å²) in [6, 6.07) is 8.83. The maximum absolute atomic E-state index is 13.1. The number of amides is 1. The summed E-state index contributed by atoms with van der Waals surface area (Å²) in [5.41, 5.74) is 1.33. The summed E-state index contributed by atoms with van der Waals surface area (Å²) >= 11 is 0. The van der Waals surface area contributed by atoms with Crippen molar-refractivity contribution in [2.45, 2.75) is 57.5 Å². The van der Waals surface area contributed by atoms with E-state index in [-0.39, 0.29) is 0 Å². The first kappa shape index (κ1) is 17.8. The summed E-state index contributed by atoms with van der Waals surface area (Å²) in [4.78, 5) is 18.0. The Labute approximate surface area is 157 Å². The van der Waals surface area contributed by atoms with Gasteiger partial charge in [-0.3, -0.25) is 9.69 Å². The van der Waals surface area contributed by atoms with Crippen LogP contribution >= 0.6 is 0 Å². The monoisotopic (exact) mass is 356 g/mol. The predicted octanol–water partition coefficient (Wildman–Crippen LogP) is 3.70. The molecule has 2 atom stereocenters. The van der Waals surface area contributed by atoms with Crippen LogP contribution in [-0.2, 0) is 11.3 Å². The molecule has 1 amide bonds. The van der Waals surface area contributed by atoms with Crippen LogP contribution in [0.15, 0.2) is 24.3 Å². The van der Waals surface area contributed by atoms with Crippen molar-refractivity contribution < 1.29 is 9.53 Å². The minimum Gasteiger partial charge on any atom is -0.497 e. The molecule has 26 heavy (non-hydrogen) atoms. The number of rotatable bonds is 4. The van der Waals surface area contributed by atoms with Crippen molar-refractivity contribution in [2.75, 3.05) is 26.7 Å². The Bertz CT molecular complexity index is 609. The normalized spacial score (nSPS) is 27.3. The average molecular weight is 357 g/mol. The minimum absolute atomic E-state index is 0.304. The zero-order valence-corrected chi connectivity index (χ0v) is 16.0. The van der Waals surface area contributed by atoms with Gasteiger partial charge >= 0.3 is 0 Å². The van der Waals surface area contributed by atoms with Crippen LogP contribution in [0.4, 0.5) is 0 Å². The van der Waals surface area contributed by atoms with Gasteiger partial charge < -0.3 is 9.64 Å². The molecule has 0 radical (unpaired) electrons. The quantitative estimate of drug-likeness (QED) is 0.825. The second-order valence-corrected chi connectivity index (χ2v) is 8.46. The number of carbonyl (C=O) groups is 1. The lowest BCUT2D eigenvalue weighted by Crippen LogP contribution is -2.49. The van der Waals surface area contributed by atoms with Gasteiger partial charge in [0, 0.05) is 38.1 Å². The summed E-state index contributed by atoms with van der Waals surface area (Å²) in [7, 11) is 1.71. The van der Waals surface area contributed by atoms with Crippen LogP contribution in [0.25, 0.3) is 0 Å². The number of carbonyl (C=O) groups excluding carboxylic acids is 1. The van der Waals surface area contributed by atoms with E-state index in [2.05, 4.69) is 21.9 Å². The highest BCUT2D eigenvalue weighted by Crippen LogP contribution is 2.33. The number of piperidine rings is 1. The second-order valence-electron chi connectivity index (χ2n) is 8.46. The van der Waals surface area contributed by atoms with Crippen molar-refractivity contribution in [3.05, 3.63) is 29.8 Å². The Morgan fingerprint density at radius 1 is 1.00 bits per heavy atom. The fraction of sp³-hybridized carbons (Fsp3) is 0.682. The number of hydrogen-bond acceptors (Lipinski definition) is 3. The number of hydrogen-bond donors (Lipinski definition) is 0. The topological polar surface area (TPSA) is 32.8 Å². The highest BCUT2D eigenvalue weighted by Gasteiger charge is 2.39. The fourth-order valence-corrected chi connectivity index (χ4v) is 5.15. The number of fused-ring (bicyclic) bond motifs is 4. The molecule has 0 unspecified atom stereocenters. The molecule has 4 aliphatic rings. The van der Waals surface area contributed by atoms with Gasteiger partial charge in [-0.05, 0) is 49.3 Å². The van der Waals surface area contributed by atoms with Crippen LogP contribution in [-0.4, -0.2) is 48.5 Å². The summed E-state index contributed by atoms with van der Waals surface area (Å²) in [6.45, 7) is 4.11. The second kappa shape index (κ2) is 7.99. The fourth-order valence-electron chi connectivity index (χ4n) is 5.15. The lowest BCUT2D eigenvalue weighted by molar-refractivity contribution is -0.140. The predicted molar refractivity (Wildman–Crippen MR) is 103 cm³/mol. The first-order valence-electron chi connectivity index (χ1n) is 10.4. The molecule has 4 fully saturated rings. The van der Waals surface area contributed by atoms with Crippen LogP contribution in [0.1, 0.15) is 50.5 Å². The van der Waals surface area contributed by atoms with Gasteiger partial charge in [-0.15, -0.1) is 0 Å². The standard InChI is InChI=1S/C22H32N2O2/c1-26-21-11-8-17(9-12-21)13-23-14-18-7-10-20(16-23)24(15-18)22(25)19-5-3-2-4-6-19/h8-9,11-12,18-20H,2-7,10,13-16H2,1H3/t18-,20+/m0/s1. The van der Waals surface area contributed by atoms with E-state index in [0.29, 0.717) is 23.8 Å². The Hall–Kier alpha value is -1.55. The Morgan fingerprint density at radius 3 is 2.50 bits per heavy atom. The number of nitrogens with zero attached hydrogens (tertiary/aromatic N) is 2. The van der Waals surface area contributed by atoms with Crippen LogP contribution in [0.5, 0.6) is 5.75 Å². The minimum atomic E-state index is 0.304. The highest BCUT2D eigenvalue weighted by atomic mass is 16.5. The Balaban J connectivity index is 1.41. The summed E-state index contributed by atoms with van der Waals surface area (Å²) in [6.07, 6.45) is 8.47. The Kier molecular flexibility index (Phi) is 5.49. The van der Waals surface area contributed by atoms with Crippen molar-refractivity contribution in [1.82, 2.24) is 9.80 Å². The number of methoxy groups -OCH3 is 1. The molecule has 4 nitrogen and oxygen atoms in total. The van der Waals surface area contributed by atoms with Crippen LogP contribution in [0.3, 0.4) is 0 Å².